The van der Waals surface area contributed by atoms with Crippen molar-refractivity contribution in [2.24, 2.45) is 0 Å². The molecule has 4 rings (SSSR count). The van der Waals surface area contributed by atoms with Gasteiger partial charge in [0.15, 0.2) is 0 Å². The number of nitrogens with zero attached hydrogens (tertiary/aromatic N) is 4. The standard InChI is InChI=1S/C19H13ClN4/c1-12-10-24(18-9-22-7-15(6-21)19(12)18)11-13-2-3-17-14(4-13)5-16(20)8-23-17/h2-5,7-10H,11H2,1H3. The molecule has 0 N–H and O–H groups in total. The van der Waals surface area contributed by atoms with Gasteiger partial charge < -0.3 is 4.57 Å². The molecule has 0 atom stereocenters. The molecular formula is C19H13ClN4. The number of benzene rings is 1. The van der Waals surface area contributed by atoms with Crippen LogP contribution in [0.15, 0.2) is 49.1 Å². The normalized spacial score (nSPS) is 11.0. The summed E-state index contributed by atoms with van der Waals surface area (Å²) in [6.07, 6.45) is 7.14. The average molecular weight is 333 g/mol. The Kier molecular flexibility index (Phi) is 3.44. The van der Waals surface area contributed by atoms with E-state index in [-0.39, 0.29) is 0 Å². The van der Waals surface area contributed by atoms with E-state index in [2.05, 4.69) is 38.9 Å². The highest BCUT2D eigenvalue weighted by Gasteiger charge is 2.11. The Balaban J connectivity index is 1.81. The molecule has 0 amide bonds. The molecule has 3 heterocycles. The van der Waals surface area contributed by atoms with Gasteiger partial charge in [0.2, 0.25) is 0 Å². The fraction of sp³-hybridized carbons (Fsp3) is 0.105. The van der Waals surface area contributed by atoms with Gasteiger partial charge in [0.1, 0.15) is 6.07 Å². The van der Waals surface area contributed by atoms with Crippen LogP contribution in [0.2, 0.25) is 5.02 Å². The second-order valence-corrected chi connectivity index (χ2v) is 6.25. The van der Waals surface area contributed by atoms with E-state index in [9.17, 15) is 5.26 Å². The van der Waals surface area contributed by atoms with Crippen molar-refractivity contribution in [1.29, 1.82) is 5.26 Å². The second-order valence-electron chi connectivity index (χ2n) is 5.81. The predicted molar refractivity (Wildman–Crippen MR) is 95.0 cm³/mol. The van der Waals surface area contributed by atoms with Crippen LogP contribution in [-0.4, -0.2) is 14.5 Å². The Hall–Kier alpha value is -2.90. The third kappa shape index (κ3) is 2.40. The molecule has 0 saturated carbocycles. The molecule has 4 nitrogen and oxygen atoms in total. The lowest BCUT2D eigenvalue weighted by Gasteiger charge is -2.07. The van der Waals surface area contributed by atoms with Crippen molar-refractivity contribution in [1.82, 2.24) is 14.5 Å². The number of nitriles is 1. The largest absolute Gasteiger partial charge is 0.341 e. The Morgan fingerprint density at radius 2 is 2.08 bits per heavy atom. The summed E-state index contributed by atoms with van der Waals surface area (Å²) in [5.41, 5.74) is 4.72. The van der Waals surface area contributed by atoms with Gasteiger partial charge in [-0.15, -0.1) is 0 Å². The highest BCUT2D eigenvalue weighted by molar-refractivity contribution is 6.31. The number of aryl methyl sites for hydroxylation is 1. The zero-order valence-electron chi connectivity index (χ0n) is 13.0. The molecule has 0 radical (unpaired) electrons. The van der Waals surface area contributed by atoms with Crippen LogP contribution >= 0.6 is 11.6 Å². The van der Waals surface area contributed by atoms with Crippen LogP contribution in [0.25, 0.3) is 21.8 Å². The molecule has 0 fully saturated rings. The van der Waals surface area contributed by atoms with E-state index in [0.29, 0.717) is 17.1 Å². The first-order valence-corrected chi connectivity index (χ1v) is 7.91. The molecule has 0 spiro atoms. The van der Waals surface area contributed by atoms with Gasteiger partial charge in [-0.3, -0.25) is 9.97 Å². The first-order chi connectivity index (χ1) is 11.7. The van der Waals surface area contributed by atoms with Crippen LogP contribution in [-0.2, 0) is 6.54 Å². The van der Waals surface area contributed by atoms with E-state index in [0.717, 1.165) is 32.9 Å². The van der Waals surface area contributed by atoms with Crippen molar-refractivity contribution < 1.29 is 0 Å². The quantitative estimate of drug-likeness (QED) is 0.544. The van der Waals surface area contributed by atoms with E-state index < -0.39 is 0 Å². The highest BCUT2D eigenvalue weighted by Crippen LogP contribution is 2.25. The molecule has 116 valence electrons. The lowest BCUT2D eigenvalue weighted by molar-refractivity contribution is 0.833. The van der Waals surface area contributed by atoms with Crippen molar-refractivity contribution >= 4 is 33.4 Å². The number of halogens is 1. The van der Waals surface area contributed by atoms with Gasteiger partial charge in [-0.25, -0.2) is 0 Å². The number of aromatic nitrogens is 3. The first kappa shape index (κ1) is 14.7. The number of pyridine rings is 2. The van der Waals surface area contributed by atoms with Crippen LogP contribution in [0, 0.1) is 18.3 Å². The van der Waals surface area contributed by atoms with Crippen molar-refractivity contribution in [3.05, 3.63) is 70.8 Å². The molecule has 0 unspecified atom stereocenters. The van der Waals surface area contributed by atoms with Crippen molar-refractivity contribution in [2.45, 2.75) is 13.5 Å². The minimum absolute atomic E-state index is 0.609. The molecule has 3 aromatic heterocycles. The van der Waals surface area contributed by atoms with Crippen molar-refractivity contribution in [3.8, 4) is 6.07 Å². The summed E-state index contributed by atoms with van der Waals surface area (Å²) in [6.45, 7) is 2.72. The maximum Gasteiger partial charge on any atom is 0.101 e. The smallest absolute Gasteiger partial charge is 0.101 e. The lowest BCUT2D eigenvalue weighted by atomic mass is 10.1. The maximum atomic E-state index is 9.28. The average Bonchev–Trinajstić information content (AvgIpc) is 2.90. The van der Waals surface area contributed by atoms with Crippen LogP contribution in [0.4, 0.5) is 0 Å². The summed E-state index contributed by atoms with van der Waals surface area (Å²) in [4.78, 5) is 8.51. The Bertz CT molecular complexity index is 1120. The zero-order chi connectivity index (χ0) is 16.7. The molecule has 5 heteroatoms. The second kappa shape index (κ2) is 5.63. The van der Waals surface area contributed by atoms with Crippen LogP contribution in [0.5, 0.6) is 0 Å². The highest BCUT2D eigenvalue weighted by atomic mass is 35.5. The summed E-state index contributed by atoms with van der Waals surface area (Å²) in [5.74, 6) is 0. The molecular weight excluding hydrogens is 320 g/mol. The minimum Gasteiger partial charge on any atom is -0.341 e. The van der Waals surface area contributed by atoms with Crippen LogP contribution in [0.1, 0.15) is 16.7 Å². The van der Waals surface area contributed by atoms with E-state index in [4.69, 9.17) is 11.6 Å². The van der Waals surface area contributed by atoms with E-state index in [1.807, 2.05) is 25.3 Å². The monoisotopic (exact) mass is 332 g/mol. The van der Waals surface area contributed by atoms with Crippen molar-refractivity contribution in [2.75, 3.05) is 0 Å². The number of fused-ring (bicyclic) bond motifs is 2. The SMILES string of the molecule is Cc1cn(Cc2ccc3ncc(Cl)cc3c2)c2cncc(C#N)c12. The molecule has 0 aliphatic heterocycles. The van der Waals surface area contributed by atoms with Gasteiger partial charge >= 0.3 is 0 Å². The molecule has 1 aromatic carbocycles. The van der Waals surface area contributed by atoms with E-state index >= 15 is 0 Å². The Morgan fingerprint density at radius 3 is 2.92 bits per heavy atom. The predicted octanol–water partition coefficient (Wildman–Crippen LogP) is 4.47. The summed E-state index contributed by atoms with van der Waals surface area (Å²) in [5, 5.41) is 11.9. The van der Waals surface area contributed by atoms with E-state index in [1.165, 1.54) is 0 Å². The van der Waals surface area contributed by atoms with Crippen LogP contribution < -0.4 is 0 Å². The van der Waals surface area contributed by atoms with Gasteiger partial charge in [0.25, 0.3) is 0 Å². The van der Waals surface area contributed by atoms with Crippen LogP contribution in [0.3, 0.4) is 0 Å². The Morgan fingerprint density at radius 1 is 1.21 bits per heavy atom. The third-order valence-corrected chi connectivity index (χ3v) is 4.37. The first-order valence-electron chi connectivity index (χ1n) is 7.53. The zero-order valence-corrected chi connectivity index (χ0v) is 13.7. The maximum absolute atomic E-state index is 9.28. The minimum atomic E-state index is 0.609. The van der Waals surface area contributed by atoms with Gasteiger partial charge in [-0.1, -0.05) is 17.7 Å². The summed E-state index contributed by atoms with van der Waals surface area (Å²) in [6, 6.07) is 10.3. The van der Waals surface area contributed by atoms with Gasteiger partial charge in [-0.2, -0.15) is 5.26 Å². The lowest BCUT2D eigenvalue weighted by Crippen LogP contribution is -1.98. The molecule has 0 bridgehead atoms. The molecule has 24 heavy (non-hydrogen) atoms. The third-order valence-electron chi connectivity index (χ3n) is 4.16. The molecule has 0 saturated heterocycles. The van der Waals surface area contributed by atoms with Gasteiger partial charge in [0, 0.05) is 35.9 Å². The molecule has 4 aromatic rings. The Labute approximate surface area is 144 Å². The summed E-state index contributed by atoms with van der Waals surface area (Å²) >= 11 is 6.04. The number of hydrogen-bond acceptors (Lipinski definition) is 3. The van der Waals surface area contributed by atoms with Gasteiger partial charge in [0.05, 0.1) is 27.8 Å². The fourth-order valence-electron chi connectivity index (χ4n) is 3.11. The summed E-state index contributed by atoms with van der Waals surface area (Å²) in [7, 11) is 0. The number of hydrogen-bond donors (Lipinski definition) is 0. The van der Waals surface area contributed by atoms with Crippen molar-refractivity contribution in [3.63, 3.8) is 0 Å². The summed E-state index contributed by atoms with van der Waals surface area (Å²) < 4.78 is 2.12. The molecule has 0 aliphatic rings. The van der Waals surface area contributed by atoms with E-state index in [1.54, 1.807) is 12.4 Å². The van der Waals surface area contributed by atoms with Gasteiger partial charge in [-0.05, 0) is 36.2 Å². The fourth-order valence-corrected chi connectivity index (χ4v) is 3.28. The molecule has 0 aliphatic carbocycles. The number of rotatable bonds is 2. The topological polar surface area (TPSA) is 54.5 Å².